The zero-order valence-electron chi connectivity index (χ0n) is 7.60. The third kappa shape index (κ3) is 7.53. The van der Waals surface area contributed by atoms with Crippen LogP contribution in [0, 0.1) is 0 Å². The Bertz CT molecular complexity index is 93.6. The molecule has 0 rings (SSSR count). The van der Waals surface area contributed by atoms with E-state index < -0.39 is 0 Å². The first kappa shape index (κ1) is 10.6. The quantitative estimate of drug-likeness (QED) is 0.450. The molecule has 2 heteroatoms. The molecule has 0 unspecified atom stereocenters. The van der Waals surface area contributed by atoms with E-state index >= 15 is 0 Å². The Morgan fingerprint density at radius 3 is 2.64 bits per heavy atom. The van der Waals surface area contributed by atoms with Crippen molar-refractivity contribution in [2.75, 3.05) is 6.54 Å². The van der Waals surface area contributed by atoms with E-state index in [4.69, 9.17) is 0 Å². The van der Waals surface area contributed by atoms with Crippen LogP contribution >= 0.6 is 0 Å². The molecule has 0 radical (unpaired) electrons. The predicted octanol–water partition coefficient (Wildman–Crippen LogP) is 1.74. The highest BCUT2D eigenvalue weighted by molar-refractivity contribution is 5.56. The van der Waals surface area contributed by atoms with E-state index in [2.05, 4.69) is 12.2 Å². The van der Waals surface area contributed by atoms with Crippen LogP contribution in [0.25, 0.3) is 0 Å². The standard InChI is InChI=1S/C9H19NO/c1-3-4-5-6-7-10-9(2)8-11/h8-10H,3-7H2,1-2H3/t9-/m0/s1. The van der Waals surface area contributed by atoms with Crippen LogP contribution in [0.4, 0.5) is 0 Å². The van der Waals surface area contributed by atoms with Crippen molar-refractivity contribution in [3.8, 4) is 0 Å². The molecule has 0 fully saturated rings. The molecule has 1 atom stereocenters. The van der Waals surface area contributed by atoms with Crippen molar-refractivity contribution in [3.63, 3.8) is 0 Å². The van der Waals surface area contributed by atoms with Crippen LogP contribution in [0.3, 0.4) is 0 Å². The fourth-order valence-corrected chi connectivity index (χ4v) is 0.930. The molecular formula is C9H19NO. The minimum atomic E-state index is 0.0247. The Hall–Kier alpha value is -0.370. The second-order valence-corrected chi connectivity index (χ2v) is 2.94. The zero-order valence-corrected chi connectivity index (χ0v) is 7.60. The second-order valence-electron chi connectivity index (χ2n) is 2.94. The van der Waals surface area contributed by atoms with Crippen molar-refractivity contribution in [2.45, 2.75) is 45.6 Å². The van der Waals surface area contributed by atoms with Crippen molar-refractivity contribution < 1.29 is 4.79 Å². The molecule has 0 saturated carbocycles. The van der Waals surface area contributed by atoms with Gasteiger partial charge < -0.3 is 10.1 Å². The Kier molecular flexibility index (Phi) is 7.47. The summed E-state index contributed by atoms with van der Waals surface area (Å²) in [5.74, 6) is 0. The largest absolute Gasteiger partial charge is 0.308 e. The Labute approximate surface area is 69.4 Å². The van der Waals surface area contributed by atoms with Gasteiger partial charge in [-0.1, -0.05) is 26.2 Å². The van der Waals surface area contributed by atoms with Gasteiger partial charge in [-0.15, -0.1) is 0 Å². The van der Waals surface area contributed by atoms with Gasteiger partial charge in [-0.2, -0.15) is 0 Å². The summed E-state index contributed by atoms with van der Waals surface area (Å²) in [4.78, 5) is 10.2. The zero-order chi connectivity index (χ0) is 8.53. The van der Waals surface area contributed by atoms with Gasteiger partial charge in [0.2, 0.25) is 0 Å². The van der Waals surface area contributed by atoms with Crippen molar-refractivity contribution in [1.29, 1.82) is 0 Å². The van der Waals surface area contributed by atoms with Crippen molar-refractivity contribution in [2.24, 2.45) is 0 Å². The molecule has 0 aromatic carbocycles. The number of unbranched alkanes of at least 4 members (excludes halogenated alkanes) is 3. The van der Waals surface area contributed by atoms with E-state index in [1.165, 1.54) is 25.7 Å². The average Bonchev–Trinajstić information content (AvgIpc) is 2.04. The normalized spacial score (nSPS) is 12.9. The van der Waals surface area contributed by atoms with Crippen molar-refractivity contribution in [1.82, 2.24) is 5.32 Å². The molecule has 0 saturated heterocycles. The monoisotopic (exact) mass is 157 g/mol. The van der Waals surface area contributed by atoms with Crippen LogP contribution in [0.15, 0.2) is 0 Å². The first-order valence-corrected chi connectivity index (χ1v) is 4.50. The van der Waals surface area contributed by atoms with Crippen LogP contribution in [0.1, 0.15) is 39.5 Å². The average molecular weight is 157 g/mol. The predicted molar refractivity (Wildman–Crippen MR) is 47.7 cm³/mol. The van der Waals surface area contributed by atoms with Gasteiger partial charge in [0.05, 0.1) is 6.04 Å². The molecule has 2 nitrogen and oxygen atoms in total. The van der Waals surface area contributed by atoms with Crippen molar-refractivity contribution >= 4 is 6.29 Å². The van der Waals surface area contributed by atoms with Crippen LogP contribution in [0.2, 0.25) is 0 Å². The van der Waals surface area contributed by atoms with Gasteiger partial charge in [-0.05, 0) is 19.9 Å². The lowest BCUT2D eigenvalue weighted by molar-refractivity contribution is -0.109. The summed E-state index contributed by atoms with van der Waals surface area (Å²) in [5.41, 5.74) is 0. The molecule has 1 N–H and O–H groups in total. The molecule has 66 valence electrons. The van der Waals surface area contributed by atoms with Gasteiger partial charge in [0.1, 0.15) is 6.29 Å². The van der Waals surface area contributed by atoms with Crippen molar-refractivity contribution in [3.05, 3.63) is 0 Å². The first-order valence-electron chi connectivity index (χ1n) is 4.50. The molecule has 11 heavy (non-hydrogen) atoms. The third-order valence-electron chi connectivity index (χ3n) is 1.70. The summed E-state index contributed by atoms with van der Waals surface area (Å²) >= 11 is 0. The summed E-state index contributed by atoms with van der Waals surface area (Å²) in [5, 5.41) is 3.12. The summed E-state index contributed by atoms with van der Waals surface area (Å²) in [6.07, 6.45) is 5.97. The van der Waals surface area contributed by atoms with Gasteiger partial charge in [-0.25, -0.2) is 0 Å². The highest BCUT2D eigenvalue weighted by atomic mass is 16.1. The molecule has 0 aliphatic carbocycles. The summed E-state index contributed by atoms with van der Waals surface area (Å²) in [7, 11) is 0. The number of rotatable bonds is 7. The first-order chi connectivity index (χ1) is 5.31. The Morgan fingerprint density at radius 2 is 2.09 bits per heavy atom. The van der Waals surface area contributed by atoms with E-state index in [-0.39, 0.29) is 6.04 Å². The van der Waals surface area contributed by atoms with Gasteiger partial charge in [0.15, 0.2) is 0 Å². The summed E-state index contributed by atoms with van der Waals surface area (Å²) < 4.78 is 0. The van der Waals surface area contributed by atoms with Crippen LogP contribution in [-0.2, 0) is 4.79 Å². The summed E-state index contributed by atoms with van der Waals surface area (Å²) in [6, 6.07) is 0.0247. The molecule has 0 aliphatic heterocycles. The second kappa shape index (κ2) is 7.73. The Morgan fingerprint density at radius 1 is 1.36 bits per heavy atom. The number of hydrogen-bond donors (Lipinski definition) is 1. The van der Waals surface area contributed by atoms with Gasteiger partial charge >= 0.3 is 0 Å². The topological polar surface area (TPSA) is 29.1 Å². The molecule has 0 spiro atoms. The number of hydrogen-bond acceptors (Lipinski definition) is 2. The lowest BCUT2D eigenvalue weighted by atomic mass is 10.2. The number of nitrogens with one attached hydrogen (secondary N) is 1. The number of carbonyl (C=O) groups is 1. The minimum Gasteiger partial charge on any atom is -0.308 e. The van der Waals surface area contributed by atoms with E-state index in [1.807, 2.05) is 6.92 Å². The maximum absolute atomic E-state index is 10.2. The lowest BCUT2D eigenvalue weighted by Gasteiger charge is -2.05. The minimum absolute atomic E-state index is 0.0247. The van der Waals surface area contributed by atoms with E-state index in [0.717, 1.165) is 12.8 Å². The van der Waals surface area contributed by atoms with Gasteiger partial charge in [0, 0.05) is 0 Å². The Balaban J connectivity index is 2.95. The molecule has 0 heterocycles. The van der Waals surface area contributed by atoms with E-state index in [1.54, 1.807) is 0 Å². The highest BCUT2D eigenvalue weighted by Crippen LogP contribution is 1.96. The van der Waals surface area contributed by atoms with Crippen LogP contribution in [0.5, 0.6) is 0 Å². The maximum atomic E-state index is 10.2. The van der Waals surface area contributed by atoms with E-state index in [0.29, 0.717) is 0 Å². The smallest absolute Gasteiger partial charge is 0.136 e. The lowest BCUT2D eigenvalue weighted by Crippen LogP contribution is -2.27. The molecule has 0 aromatic heterocycles. The molecule has 0 bridgehead atoms. The molecule has 0 aromatic rings. The fourth-order valence-electron chi connectivity index (χ4n) is 0.930. The van der Waals surface area contributed by atoms with E-state index in [9.17, 15) is 4.79 Å². The fraction of sp³-hybridized carbons (Fsp3) is 0.889. The number of carbonyl (C=O) groups excluding carboxylic acids is 1. The highest BCUT2D eigenvalue weighted by Gasteiger charge is 1.95. The number of aldehydes is 1. The maximum Gasteiger partial charge on any atom is 0.136 e. The molecule has 0 amide bonds. The molecule has 0 aliphatic rings. The van der Waals surface area contributed by atoms with Gasteiger partial charge in [0.25, 0.3) is 0 Å². The molecular weight excluding hydrogens is 138 g/mol. The SMILES string of the molecule is CCCCCCN[C@@H](C)C=O. The van der Waals surface area contributed by atoms with Gasteiger partial charge in [-0.3, -0.25) is 0 Å². The third-order valence-corrected chi connectivity index (χ3v) is 1.70. The van der Waals surface area contributed by atoms with Crippen LogP contribution in [-0.4, -0.2) is 18.9 Å². The van der Waals surface area contributed by atoms with Crippen LogP contribution < -0.4 is 5.32 Å². The summed E-state index contributed by atoms with van der Waals surface area (Å²) in [6.45, 7) is 5.05.